The fourth-order valence-electron chi connectivity index (χ4n) is 2.90. The van der Waals surface area contributed by atoms with Crippen molar-refractivity contribution in [2.45, 2.75) is 52.4 Å². The van der Waals surface area contributed by atoms with E-state index in [9.17, 15) is 0 Å². The lowest BCUT2D eigenvalue weighted by Crippen LogP contribution is -1.91. The van der Waals surface area contributed by atoms with Crippen molar-refractivity contribution < 1.29 is 0 Å². The standard InChI is InChI=1S/C22H30S/c1-19-9-7-13-21(17-19)11-3-5-15-23-16-6-4-12-22-14-8-10-20(2)18-22/h7-10,13-14,17-18H,3-6,11-12,15-16H2,1-2H3. The second-order valence-electron chi connectivity index (χ2n) is 6.50. The average molecular weight is 327 g/mol. The highest BCUT2D eigenvalue weighted by Crippen LogP contribution is 2.13. The lowest BCUT2D eigenvalue weighted by molar-refractivity contribution is 0.790. The predicted molar refractivity (Wildman–Crippen MR) is 106 cm³/mol. The van der Waals surface area contributed by atoms with Crippen LogP contribution in [0.4, 0.5) is 0 Å². The average Bonchev–Trinajstić information content (AvgIpc) is 2.53. The van der Waals surface area contributed by atoms with Gasteiger partial charge in [-0.1, -0.05) is 59.7 Å². The van der Waals surface area contributed by atoms with Crippen LogP contribution in [0.1, 0.15) is 47.9 Å². The second-order valence-corrected chi connectivity index (χ2v) is 7.73. The zero-order chi connectivity index (χ0) is 16.3. The van der Waals surface area contributed by atoms with Crippen LogP contribution in [-0.2, 0) is 12.8 Å². The van der Waals surface area contributed by atoms with Crippen molar-refractivity contribution in [3.63, 3.8) is 0 Å². The van der Waals surface area contributed by atoms with Crippen molar-refractivity contribution >= 4 is 11.8 Å². The van der Waals surface area contributed by atoms with Gasteiger partial charge in [0.25, 0.3) is 0 Å². The highest BCUT2D eigenvalue weighted by atomic mass is 32.2. The Morgan fingerprint density at radius 3 is 1.57 bits per heavy atom. The van der Waals surface area contributed by atoms with Gasteiger partial charge < -0.3 is 0 Å². The van der Waals surface area contributed by atoms with Crippen LogP contribution in [0.3, 0.4) is 0 Å². The SMILES string of the molecule is Cc1cccc(CCCCSCCCCc2cccc(C)c2)c1. The maximum atomic E-state index is 2.32. The minimum atomic E-state index is 1.23. The van der Waals surface area contributed by atoms with Crippen LogP contribution in [0.5, 0.6) is 0 Å². The smallest absolute Gasteiger partial charge is 0.00674 e. The summed E-state index contributed by atoms with van der Waals surface area (Å²) in [6.07, 6.45) is 7.79. The van der Waals surface area contributed by atoms with Crippen LogP contribution < -0.4 is 0 Å². The zero-order valence-electron chi connectivity index (χ0n) is 14.7. The molecule has 0 saturated carbocycles. The summed E-state index contributed by atoms with van der Waals surface area (Å²) in [5, 5.41) is 0. The molecule has 0 bridgehead atoms. The zero-order valence-corrected chi connectivity index (χ0v) is 15.5. The fraction of sp³-hybridized carbons (Fsp3) is 0.455. The Labute approximate surface area is 146 Å². The van der Waals surface area contributed by atoms with Crippen LogP contribution in [0, 0.1) is 13.8 Å². The first kappa shape index (κ1) is 18.1. The summed E-state index contributed by atoms with van der Waals surface area (Å²) in [5.41, 5.74) is 5.75. The third-order valence-corrected chi connectivity index (χ3v) is 5.33. The van der Waals surface area contributed by atoms with Crippen LogP contribution in [0.2, 0.25) is 0 Å². The first-order valence-electron chi connectivity index (χ1n) is 8.93. The Balaban J connectivity index is 1.45. The van der Waals surface area contributed by atoms with Gasteiger partial charge in [-0.3, -0.25) is 0 Å². The van der Waals surface area contributed by atoms with Crippen molar-refractivity contribution in [1.82, 2.24) is 0 Å². The highest BCUT2D eigenvalue weighted by molar-refractivity contribution is 7.99. The lowest BCUT2D eigenvalue weighted by Gasteiger charge is -2.05. The van der Waals surface area contributed by atoms with E-state index in [4.69, 9.17) is 0 Å². The van der Waals surface area contributed by atoms with Crippen LogP contribution in [0.25, 0.3) is 0 Å². The summed E-state index contributed by atoms with van der Waals surface area (Å²) in [4.78, 5) is 0. The molecule has 0 aliphatic carbocycles. The number of hydrogen-bond acceptors (Lipinski definition) is 1. The molecule has 0 spiro atoms. The first-order chi connectivity index (χ1) is 11.2. The van der Waals surface area contributed by atoms with Crippen molar-refractivity contribution in [3.8, 4) is 0 Å². The molecular weight excluding hydrogens is 296 g/mol. The molecule has 0 nitrogen and oxygen atoms in total. The molecule has 2 rings (SSSR count). The summed E-state index contributed by atoms with van der Waals surface area (Å²) in [6, 6.07) is 17.8. The Kier molecular flexibility index (Phi) is 8.31. The maximum absolute atomic E-state index is 2.32. The number of thioether (sulfide) groups is 1. The van der Waals surface area contributed by atoms with Crippen LogP contribution in [0.15, 0.2) is 48.5 Å². The van der Waals surface area contributed by atoms with E-state index >= 15 is 0 Å². The van der Waals surface area contributed by atoms with Gasteiger partial charge in [-0.15, -0.1) is 0 Å². The summed E-state index contributed by atoms with van der Waals surface area (Å²) in [5.74, 6) is 2.63. The Morgan fingerprint density at radius 1 is 0.652 bits per heavy atom. The molecule has 0 aliphatic rings. The summed E-state index contributed by atoms with van der Waals surface area (Å²) in [6.45, 7) is 4.35. The van der Waals surface area contributed by atoms with Crippen molar-refractivity contribution in [3.05, 3.63) is 70.8 Å². The number of aryl methyl sites for hydroxylation is 4. The highest BCUT2D eigenvalue weighted by Gasteiger charge is 1.97. The van der Waals surface area contributed by atoms with Crippen molar-refractivity contribution in [2.75, 3.05) is 11.5 Å². The molecule has 1 heteroatoms. The van der Waals surface area contributed by atoms with Gasteiger partial charge in [-0.05, 0) is 75.0 Å². The third kappa shape index (κ3) is 7.74. The molecule has 0 saturated heterocycles. The third-order valence-electron chi connectivity index (χ3n) is 4.17. The van der Waals surface area contributed by atoms with Gasteiger partial charge in [0.1, 0.15) is 0 Å². The summed E-state index contributed by atoms with van der Waals surface area (Å²) in [7, 11) is 0. The van der Waals surface area contributed by atoms with E-state index in [1.165, 1.54) is 72.3 Å². The fourth-order valence-corrected chi connectivity index (χ4v) is 3.92. The minimum Gasteiger partial charge on any atom is -0.162 e. The molecular formula is C22H30S. The van der Waals surface area contributed by atoms with Crippen LogP contribution in [-0.4, -0.2) is 11.5 Å². The molecule has 2 aromatic rings. The summed E-state index contributed by atoms with van der Waals surface area (Å²) < 4.78 is 0. The van der Waals surface area contributed by atoms with Gasteiger partial charge in [-0.2, -0.15) is 11.8 Å². The van der Waals surface area contributed by atoms with E-state index in [0.29, 0.717) is 0 Å². The van der Waals surface area contributed by atoms with E-state index in [2.05, 4.69) is 74.1 Å². The Hall–Kier alpha value is -1.21. The number of benzene rings is 2. The number of hydrogen-bond donors (Lipinski definition) is 0. The lowest BCUT2D eigenvalue weighted by atomic mass is 10.1. The van der Waals surface area contributed by atoms with E-state index in [-0.39, 0.29) is 0 Å². The second kappa shape index (κ2) is 10.5. The number of rotatable bonds is 10. The molecule has 0 aromatic heterocycles. The van der Waals surface area contributed by atoms with Crippen LogP contribution >= 0.6 is 11.8 Å². The van der Waals surface area contributed by atoms with E-state index < -0.39 is 0 Å². The number of unbranched alkanes of at least 4 members (excludes halogenated alkanes) is 2. The molecule has 0 aliphatic heterocycles. The molecule has 0 atom stereocenters. The van der Waals surface area contributed by atoms with Gasteiger partial charge in [0.05, 0.1) is 0 Å². The Morgan fingerprint density at radius 2 is 1.13 bits per heavy atom. The largest absolute Gasteiger partial charge is 0.162 e. The topological polar surface area (TPSA) is 0 Å². The Bertz CT molecular complexity index is 522. The molecule has 0 fully saturated rings. The molecule has 2 aromatic carbocycles. The monoisotopic (exact) mass is 326 g/mol. The molecule has 124 valence electrons. The van der Waals surface area contributed by atoms with Crippen molar-refractivity contribution in [2.24, 2.45) is 0 Å². The molecule has 0 N–H and O–H groups in total. The molecule has 23 heavy (non-hydrogen) atoms. The summed E-state index contributed by atoms with van der Waals surface area (Å²) >= 11 is 2.13. The molecule has 0 amide bonds. The minimum absolute atomic E-state index is 1.23. The maximum Gasteiger partial charge on any atom is -0.00674 e. The molecule has 0 heterocycles. The normalized spacial score (nSPS) is 10.9. The predicted octanol–water partition coefficient (Wildman–Crippen LogP) is 6.38. The van der Waals surface area contributed by atoms with E-state index in [0.717, 1.165) is 0 Å². The van der Waals surface area contributed by atoms with Crippen molar-refractivity contribution in [1.29, 1.82) is 0 Å². The van der Waals surface area contributed by atoms with E-state index in [1.807, 2.05) is 0 Å². The van der Waals surface area contributed by atoms with Gasteiger partial charge in [0.15, 0.2) is 0 Å². The molecule has 0 unspecified atom stereocenters. The van der Waals surface area contributed by atoms with E-state index in [1.54, 1.807) is 0 Å². The van der Waals surface area contributed by atoms with Gasteiger partial charge in [-0.25, -0.2) is 0 Å². The quantitative estimate of drug-likeness (QED) is 0.456. The molecule has 0 radical (unpaired) electrons. The van der Waals surface area contributed by atoms with Gasteiger partial charge in [0, 0.05) is 0 Å². The first-order valence-corrected chi connectivity index (χ1v) is 10.1. The van der Waals surface area contributed by atoms with Gasteiger partial charge in [0.2, 0.25) is 0 Å². The van der Waals surface area contributed by atoms with Gasteiger partial charge >= 0.3 is 0 Å².